The van der Waals surface area contributed by atoms with Crippen molar-refractivity contribution in [2.24, 2.45) is 0 Å². The SMILES string of the molecule is O=C(Cc1ccc(Cl)cc1)OCCNc1ccc([N+](=O)[O-])cn1. The summed E-state index contributed by atoms with van der Waals surface area (Å²) in [5.74, 6) is 0.134. The highest BCUT2D eigenvalue weighted by Crippen LogP contribution is 2.12. The van der Waals surface area contributed by atoms with Crippen LogP contribution in [0.15, 0.2) is 42.6 Å². The van der Waals surface area contributed by atoms with Gasteiger partial charge in [0.2, 0.25) is 0 Å². The predicted molar refractivity (Wildman–Crippen MR) is 85.5 cm³/mol. The van der Waals surface area contributed by atoms with Gasteiger partial charge in [-0.15, -0.1) is 0 Å². The molecule has 2 rings (SSSR count). The lowest BCUT2D eigenvalue weighted by atomic mass is 10.2. The average Bonchev–Trinajstić information content (AvgIpc) is 2.54. The number of pyridine rings is 1. The van der Waals surface area contributed by atoms with Crippen molar-refractivity contribution in [3.05, 3.63) is 63.3 Å². The Labute approximate surface area is 137 Å². The van der Waals surface area contributed by atoms with E-state index in [0.717, 1.165) is 11.8 Å². The number of carbonyl (C=O) groups is 1. The van der Waals surface area contributed by atoms with E-state index in [-0.39, 0.29) is 24.7 Å². The zero-order chi connectivity index (χ0) is 16.7. The van der Waals surface area contributed by atoms with Gasteiger partial charge >= 0.3 is 5.97 Å². The molecular weight excluding hydrogens is 322 g/mol. The first-order valence-corrected chi connectivity index (χ1v) is 7.17. The van der Waals surface area contributed by atoms with E-state index >= 15 is 0 Å². The van der Waals surface area contributed by atoms with Crippen molar-refractivity contribution in [1.29, 1.82) is 0 Å². The fraction of sp³-hybridized carbons (Fsp3) is 0.200. The number of hydrogen-bond acceptors (Lipinski definition) is 6. The fourth-order valence-corrected chi connectivity index (χ4v) is 1.89. The minimum Gasteiger partial charge on any atom is -0.464 e. The molecule has 0 bridgehead atoms. The molecule has 0 spiro atoms. The Kier molecular flexibility index (Phi) is 5.87. The van der Waals surface area contributed by atoms with Crippen molar-refractivity contribution in [2.75, 3.05) is 18.5 Å². The van der Waals surface area contributed by atoms with E-state index in [1.54, 1.807) is 24.3 Å². The van der Waals surface area contributed by atoms with Crippen LogP contribution in [0.4, 0.5) is 11.5 Å². The van der Waals surface area contributed by atoms with E-state index < -0.39 is 4.92 Å². The smallest absolute Gasteiger partial charge is 0.310 e. The normalized spacial score (nSPS) is 10.1. The Morgan fingerprint density at radius 2 is 2.00 bits per heavy atom. The van der Waals surface area contributed by atoms with Gasteiger partial charge < -0.3 is 10.1 Å². The molecule has 2 aromatic rings. The van der Waals surface area contributed by atoms with Crippen LogP contribution in [0.25, 0.3) is 0 Å². The maximum Gasteiger partial charge on any atom is 0.310 e. The Morgan fingerprint density at radius 3 is 2.61 bits per heavy atom. The number of nitro groups is 1. The molecule has 0 aliphatic heterocycles. The maximum absolute atomic E-state index is 11.7. The van der Waals surface area contributed by atoms with Gasteiger partial charge in [-0.05, 0) is 23.8 Å². The third-order valence-corrected chi connectivity index (χ3v) is 3.14. The molecule has 0 unspecified atom stereocenters. The number of nitrogens with zero attached hydrogens (tertiary/aromatic N) is 2. The summed E-state index contributed by atoms with van der Waals surface area (Å²) >= 11 is 5.77. The predicted octanol–water partition coefficient (Wildman–Crippen LogP) is 2.84. The van der Waals surface area contributed by atoms with Gasteiger partial charge in [0.05, 0.1) is 17.9 Å². The molecule has 0 atom stereocenters. The summed E-state index contributed by atoms with van der Waals surface area (Å²) in [7, 11) is 0. The summed E-state index contributed by atoms with van der Waals surface area (Å²) in [6.45, 7) is 0.530. The number of esters is 1. The first kappa shape index (κ1) is 16.7. The number of nitrogens with one attached hydrogen (secondary N) is 1. The van der Waals surface area contributed by atoms with Crippen LogP contribution in [0.3, 0.4) is 0 Å². The average molecular weight is 336 g/mol. The lowest BCUT2D eigenvalue weighted by Crippen LogP contribution is -2.15. The van der Waals surface area contributed by atoms with E-state index in [4.69, 9.17) is 16.3 Å². The lowest BCUT2D eigenvalue weighted by Gasteiger charge is -2.07. The number of rotatable bonds is 7. The monoisotopic (exact) mass is 335 g/mol. The van der Waals surface area contributed by atoms with E-state index in [1.807, 2.05) is 0 Å². The van der Waals surface area contributed by atoms with Crippen LogP contribution in [0.5, 0.6) is 0 Å². The van der Waals surface area contributed by atoms with Crippen molar-refractivity contribution < 1.29 is 14.5 Å². The first-order valence-electron chi connectivity index (χ1n) is 6.79. The quantitative estimate of drug-likeness (QED) is 0.362. The minimum absolute atomic E-state index is 0.0788. The van der Waals surface area contributed by atoms with Gasteiger partial charge in [0.25, 0.3) is 5.69 Å². The third-order valence-electron chi connectivity index (χ3n) is 2.89. The molecule has 0 fully saturated rings. The van der Waals surface area contributed by atoms with Crippen LogP contribution < -0.4 is 5.32 Å². The van der Waals surface area contributed by atoms with Crippen molar-refractivity contribution >= 4 is 29.1 Å². The summed E-state index contributed by atoms with van der Waals surface area (Å²) in [5, 5.41) is 14.0. The van der Waals surface area contributed by atoms with Gasteiger partial charge in [0, 0.05) is 11.1 Å². The lowest BCUT2D eigenvalue weighted by molar-refractivity contribution is -0.385. The second-order valence-electron chi connectivity index (χ2n) is 4.61. The van der Waals surface area contributed by atoms with E-state index in [1.165, 1.54) is 12.1 Å². The molecule has 1 heterocycles. The van der Waals surface area contributed by atoms with Gasteiger partial charge in [0.15, 0.2) is 0 Å². The minimum atomic E-state index is -0.519. The highest BCUT2D eigenvalue weighted by Gasteiger charge is 2.06. The van der Waals surface area contributed by atoms with Gasteiger partial charge in [-0.1, -0.05) is 23.7 Å². The molecule has 0 aliphatic carbocycles. The standard InChI is InChI=1S/C15H14ClN3O4/c16-12-3-1-11(2-4-12)9-15(20)23-8-7-17-14-6-5-13(10-18-14)19(21)22/h1-6,10H,7-9H2,(H,17,18). The number of hydrogen-bond donors (Lipinski definition) is 1. The van der Waals surface area contributed by atoms with E-state index in [2.05, 4.69) is 10.3 Å². The second-order valence-corrected chi connectivity index (χ2v) is 5.05. The number of ether oxygens (including phenoxy) is 1. The zero-order valence-corrected chi connectivity index (χ0v) is 12.8. The molecular formula is C15H14ClN3O4. The molecule has 0 aliphatic rings. The van der Waals surface area contributed by atoms with Gasteiger partial charge in [-0.3, -0.25) is 14.9 Å². The molecule has 120 valence electrons. The summed E-state index contributed by atoms with van der Waals surface area (Å²) in [4.78, 5) is 25.5. The number of aromatic nitrogens is 1. The number of halogens is 1. The Bertz CT molecular complexity index is 674. The molecule has 1 aromatic carbocycles. The van der Waals surface area contributed by atoms with Gasteiger partial charge in [-0.2, -0.15) is 0 Å². The fourth-order valence-electron chi connectivity index (χ4n) is 1.76. The molecule has 0 amide bonds. The summed E-state index contributed by atoms with van der Waals surface area (Å²) in [6, 6.07) is 9.80. The number of anilines is 1. The highest BCUT2D eigenvalue weighted by molar-refractivity contribution is 6.30. The van der Waals surface area contributed by atoms with Crippen LogP contribution in [0, 0.1) is 10.1 Å². The van der Waals surface area contributed by atoms with Crippen molar-refractivity contribution in [2.45, 2.75) is 6.42 Å². The maximum atomic E-state index is 11.7. The Morgan fingerprint density at radius 1 is 1.26 bits per heavy atom. The first-order chi connectivity index (χ1) is 11.0. The van der Waals surface area contributed by atoms with Crippen molar-refractivity contribution in [3.8, 4) is 0 Å². The molecule has 1 N–H and O–H groups in total. The number of benzene rings is 1. The molecule has 7 nitrogen and oxygen atoms in total. The molecule has 8 heteroatoms. The molecule has 0 radical (unpaired) electrons. The molecule has 23 heavy (non-hydrogen) atoms. The van der Waals surface area contributed by atoms with Crippen LogP contribution in [-0.2, 0) is 16.0 Å². The summed E-state index contributed by atoms with van der Waals surface area (Å²) < 4.78 is 5.09. The number of carbonyl (C=O) groups excluding carboxylic acids is 1. The van der Waals surface area contributed by atoms with E-state index in [9.17, 15) is 14.9 Å². The van der Waals surface area contributed by atoms with Crippen molar-refractivity contribution in [3.63, 3.8) is 0 Å². The molecule has 1 aromatic heterocycles. The van der Waals surface area contributed by atoms with Crippen LogP contribution in [-0.4, -0.2) is 29.0 Å². The topological polar surface area (TPSA) is 94.4 Å². The van der Waals surface area contributed by atoms with Gasteiger partial charge in [-0.25, -0.2) is 4.98 Å². The molecule has 0 saturated carbocycles. The van der Waals surface area contributed by atoms with Gasteiger partial charge in [0.1, 0.15) is 18.6 Å². The summed E-state index contributed by atoms with van der Waals surface area (Å²) in [6.07, 6.45) is 1.34. The largest absolute Gasteiger partial charge is 0.464 e. The second kappa shape index (κ2) is 8.09. The van der Waals surface area contributed by atoms with Crippen molar-refractivity contribution in [1.82, 2.24) is 4.98 Å². The van der Waals surface area contributed by atoms with E-state index in [0.29, 0.717) is 17.4 Å². The molecule has 0 saturated heterocycles. The van der Waals surface area contributed by atoms with Crippen LogP contribution in [0.2, 0.25) is 5.02 Å². The van der Waals surface area contributed by atoms with Crippen LogP contribution in [0.1, 0.15) is 5.56 Å². The Balaban J connectivity index is 1.69. The Hall–Kier alpha value is -2.67. The highest BCUT2D eigenvalue weighted by atomic mass is 35.5. The zero-order valence-electron chi connectivity index (χ0n) is 12.1. The van der Waals surface area contributed by atoms with Crippen LogP contribution >= 0.6 is 11.6 Å². The summed E-state index contributed by atoms with van der Waals surface area (Å²) in [5.41, 5.74) is 0.745. The third kappa shape index (κ3) is 5.55.